The minimum atomic E-state index is -2.79. The predicted octanol–water partition coefficient (Wildman–Crippen LogP) is 5.91. The molecule has 1 aromatic carbocycles. The SMILES string of the molecule is C[SiH](C)[Ti]([F])[O]c1cc(C(C)(C)C)cc(C(C)(C)C)c1.Cl.Cl. The average Bonchev–Trinajstić information content (AvgIpc) is 2.26. The first kappa shape index (κ1) is 24.7. The van der Waals surface area contributed by atoms with Crippen LogP contribution in [0.15, 0.2) is 18.2 Å². The Kier molecular flexibility index (Phi) is 10.2. The van der Waals surface area contributed by atoms with Gasteiger partial charge in [-0.2, -0.15) is 0 Å². The smallest absolute Gasteiger partial charge is 0.147 e. The Labute approximate surface area is 156 Å². The summed E-state index contributed by atoms with van der Waals surface area (Å²) >= 11 is -2.79. The van der Waals surface area contributed by atoms with Crippen molar-refractivity contribution in [3.8, 4) is 5.75 Å². The van der Waals surface area contributed by atoms with Crippen LogP contribution in [-0.2, 0) is 28.9 Å². The maximum atomic E-state index is 14.1. The minimum absolute atomic E-state index is 0. The molecule has 0 fully saturated rings. The van der Waals surface area contributed by atoms with Gasteiger partial charge in [0.2, 0.25) is 0 Å². The number of hydrogen-bond acceptors (Lipinski definition) is 1. The third-order valence-corrected chi connectivity index (χ3v) is 9.63. The van der Waals surface area contributed by atoms with E-state index in [1.165, 1.54) is 11.1 Å². The van der Waals surface area contributed by atoms with Crippen molar-refractivity contribution in [1.82, 2.24) is 0 Å². The summed E-state index contributed by atoms with van der Waals surface area (Å²) in [6.45, 7) is 15.9. The van der Waals surface area contributed by atoms with Gasteiger partial charge in [-0.3, -0.25) is 0 Å². The topological polar surface area (TPSA) is 9.23 Å². The molecule has 6 heteroatoms. The van der Waals surface area contributed by atoms with Crippen LogP contribution in [-0.4, -0.2) is 6.66 Å². The largest absolute Gasteiger partial charge is 0.147 e. The zero-order valence-corrected chi connectivity index (χ0v) is 19.3. The van der Waals surface area contributed by atoms with Crippen LogP contribution in [0.3, 0.4) is 0 Å². The third-order valence-electron chi connectivity index (χ3n) is 3.31. The van der Waals surface area contributed by atoms with Crippen LogP contribution in [0.4, 0.5) is 3.09 Å². The molecule has 0 saturated heterocycles. The number of halogens is 3. The van der Waals surface area contributed by atoms with Crippen LogP contribution in [0.1, 0.15) is 52.7 Å². The van der Waals surface area contributed by atoms with E-state index < -0.39 is 24.7 Å². The number of benzene rings is 1. The second kappa shape index (κ2) is 9.08. The van der Waals surface area contributed by atoms with Crippen LogP contribution >= 0.6 is 24.8 Å². The van der Waals surface area contributed by atoms with E-state index in [0.717, 1.165) is 5.75 Å². The van der Waals surface area contributed by atoms with E-state index in [1.54, 1.807) is 0 Å². The van der Waals surface area contributed by atoms with Crippen molar-refractivity contribution < 1.29 is 24.5 Å². The zero-order chi connectivity index (χ0) is 15.7. The molecular weight excluding hydrogens is 374 g/mol. The van der Waals surface area contributed by atoms with Gasteiger partial charge in [0.05, 0.1) is 0 Å². The maximum Gasteiger partial charge on any atom is -0.147 e. The third kappa shape index (κ3) is 7.35. The molecule has 0 spiro atoms. The molecule has 0 unspecified atom stereocenters. The molecule has 0 saturated carbocycles. The molecule has 0 aliphatic heterocycles. The van der Waals surface area contributed by atoms with E-state index in [-0.39, 0.29) is 35.6 Å². The van der Waals surface area contributed by atoms with Gasteiger partial charge in [-0.05, 0) is 0 Å². The van der Waals surface area contributed by atoms with Crippen molar-refractivity contribution in [3.63, 3.8) is 0 Å². The van der Waals surface area contributed by atoms with E-state index in [9.17, 15) is 3.09 Å². The first-order valence-corrected chi connectivity index (χ1v) is 14.1. The van der Waals surface area contributed by atoms with Gasteiger partial charge in [-0.25, -0.2) is 0 Å². The molecule has 22 heavy (non-hydrogen) atoms. The molecule has 0 N–H and O–H groups in total. The second-order valence-corrected chi connectivity index (χ2v) is 18.7. The van der Waals surface area contributed by atoms with E-state index in [2.05, 4.69) is 47.6 Å². The van der Waals surface area contributed by atoms with Gasteiger partial charge in [0.25, 0.3) is 0 Å². The van der Waals surface area contributed by atoms with Crippen molar-refractivity contribution in [1.29, 1.82) is 0 Å². The first-order chi connectivity index (χ1) is 8.91. The first-order valence-electron chi connectivity index (χ1n) is 7.27. The molecule has 129 valence electrons. The van der Waals surface area contributed by atoms with Crippen LogP contribution in [0.5, 0.6) is 5.75 Å². The molecule has 0 atom stereocenters. The Morgan fingerprint density at radius 3 is 1.50 bits per heavy atom. The van der Waals surface area contributed by atoms with Crippen LogP contribution in [0, 0.1) is 0 Å². The molecule has 1 rings (SSSR count). The van der Waals surface area contributed by atoms with Crippen molar-refractivity contribution in [3.05, 3.63) is 29.3 Å². The Morgan fingerprint density at radius 2 is 1.23 bits per heavy atom. The van der Waals surface area contributed by atoms with E-state index in [1.807, 2.05) is 25.2 Å². The fourth-order valence-corrected chi connectivity index (χ4v) is 4.19. The summed E-state index contributed by atoms with van der Waals surface area (Å²) in [6.07, 6.45) is 0. The molecule has 0 aromatic heterocycles. The molecule has 1 aromatic rings. The van der Waals surface area contributed by atoms with Crippen molar-refractivity contribution in [2.45, 2.75) is 65.5 Å². The van der Waals surface area contributed by atoms with Gasteiger partial charge < -0.3 is 0 Å². The zero-order valence-electron chi connectivity index (χ0n) is 14.9. The van der Waals surface area contributed by atoms with Crippen molar-refractivity contribution in [2.75, 3.05) is 0 Å². The quantitative estimate of drug-likeness (QED) is 0.570. The Hall–Kier alpha value is 0.461. The van der Waals surface area contributed by atoms with E-state index >= 15 is 0 Å². The van der Waals surface area contributed by atoms with Crippen LogP contribution < -0.4 is 3.32 Å². The van der Waals surface area contributed by atoms with Gasteiger partial charge in [0, 0.05) is 0 Å². The van der Waals surface area contributed by atoms with Crippen molar-refractivity contribution >= 4 is 31.5 Å². The number of hydrogen-bond donors (Lipinski definition) is 0. The predicted molar refractivity (Wildman–Crippen MR) is 99.0 cm³/mol. The molecule has 0 bridgehead atoms. The Bertz CT molecular complexity index is 438. The van der Waals surface area contributed by atoms with Crippen LogP contribution in [0.25, 0.3) is 0 Å². The molecular formula is C16H30Cl2FOSiTi. The molecule has 0 radical (unpaired) electrons. The molecule has 0 heterocycles. The van der Waals surface area contributed by atoms with E-state index in [4.69, 9.17) is 3.32 Å². The average molecular weight is 404 g/mol. The summed E-state index contributed by atoms with van der Waals surface area (Å²) in [5, 5.41) is 0. The summed E-state index contributed by atoms with van der Waals surface area (Å²) in [5.41, 5.74) is 2.53. The Balaban J connectivity index is 0. The standard InChI is InChI=1S/C14H22O.C2H7Si.2ClH.FH.Ti/c1-13(2,3)10-7-11(14(4,5)6)9-12(15)8-10;1-3-2;;;;/h7-9,15H,1-6H3;3H,1-2H3;3*1H;/q;;;;;+2/p-2. The van der Waals surface area contributed by atoms with Gasteiger partial charge in [0.1, 0.15) is 0 Å². The van der Waals surface area contributed by atoms with Crippen LogP contribution in [0.2, 0.25) is 13.1 Å². The second-order valence-electron chi connectivity index (χ2n) is 7.81. The fraction of sp³-hybridized carbons (Fsp3) is 0.625. The summed E-state index contributed by atoms with van der Waals surface area (Å²) in [6, 6.07) is 6.29. The Morgan fingerprint density at radius 1 is 0.864 bits per heavy atom. The van der Waals surface area contributed by atoms with E-state index in [0.29, 0.717) is 0 Å². The van der Waals surface area contributed by atoms with Gasteiger partial charge in [-0.1, -0.05) is 0 Å². The number of rotatable bonds is 3. The molecule has 0 aliphatic carbocycles. The van der Waals surface area contributed by atoms with Gasteiger partial charge in [-0.15, -0.1) is 24.8 Å². The molecule has 1 nitrogen and oxygen atoms in total. The van der Waals surface area contributed by atoms with Crippen molar-refractivity contribution in [2.24, 2.45) is 0 Å². The summed E-state index contributed by atoms with van der Waals surface area (Å²) < 4.78 is 19.8. The molecule has 0 amide bonds. The minimum Gasteiger partial charge on any atom is -0.147 e. The summed E-state index contributed by atoms with van der Waals surface area (Å²) in [7, 11) is 0. The summed E-state index contributed by atoms with van der Waals surface area (Å²) in [4.78, 5) is 0. The maximum absolute atomic E-state index is 14.1. The van der Waals surface area contributed by atoms with Gasteiger partial charge >= 0.3 is 132 Å². The summed E-state index contributed by atoms with van der Waals surface area (Å²) in [5.74, 6) is 0.737. The monoisotopic (exact) mass is 403 g/mol. The normalized spacial score (nSPS) is 11.5. The molecule has 0 aliphatic rings. The fourth-order valence-electron chi connectivity index (χ4n) is 1.75. The van der Waals surface area contributed by atoms with Gasteiger partial charge in [0.15, 0.2) is 0 Å².